The Labute approximate surface area is 231 Å². The first-order chi connectivity index (χ1) is 17.5. The number of hydrogen-bond donors (Lipinski definition) is 5. The van der Waals surface area contributed by atoms with Gasteiger partial charge in [0.1, 0.15) is 17.5 Å². The predicted molar refractivity (Wildman–Crippen MR) is 143 cm³/mol. The molecule has 2 aliphatic rings. The van der Waals surface area contributed by atoms with E-state index in [0.29, 0.717) is 0 Å². The zero-order chi connectivity index (χ0) is 28.8. The van der Waals surface area contributed by atoms with Crippen LogP contribution in [0.5, 0.6) is 0 Å². The average Bonchev–Trinajstić information content (AvgIpc) is 3.08. The van der Waals surface area contributed by atoms with Gasteiger partial charge in [0.2, 0.25) is 12.3 Å². The zero-order valence-corrected chi connectivity index (χ0v) is 24.8. The molecule has 1 saturated heterocycles. The summed E-state index contributed by atoms with van der Waals surface area (Å²) in [5.41, 5.74) is -0.564. The summed E-state index contributed by atoms with van der Waals surface area (Å²) >= 11 is 2.06. The third-order valence-electron chi connectivity index (χ3n) is 5.24. The van der Waals surface area contributed by atoms with Crippen LogP contribution in [0.4, 0.5) is 0 Å². The van der Waals surface area contributed by atoms with Gasteiger partial charge in [0.25, 0.3) is 0 Å². The molecule has 0 radical (unpaired) electrons. The van der Waals surface area contributed by atoms with Gasteiger partial charge in [-0.1, -0.05) is 32.5 Å². The zero-order valence-electron chi connectivity index (χ0n) is 22.2. The summed E-state index contributed by atoms with van der Waals surface area (Å²) in [6.45, 7) is 9.60. The van der Waals surface area contributed by atoms with Gasteiger partial charge >= 0.3 is 13.7 Å². The summed E-state index contributed by atoms with van der Waals surface area (Å²) in [5, 5.41) is 34.3. The molecule has 5 N–H and O–H groups in total. The molecule has 0 saturated carbocycles. The summed E-state index contributed by atoms with van der Waals surface area (Å²) in [4.78, 5) is 37.1. The number of amides is 1. The van der Waals surface area contributed by atoms with E-state index in [2.05, 4.69) is 10.4 Å². The van der Waals surface area contributed by atoms with Gasteiger partial charge in [0.05, 0.1) is 30.7 Å². The Kier molecular flexibility index (Phi) is 12.1. The van der Waals surface area contributed by atoms with Crippen LogP contribution >= 0.6 is 31.3 Å². The van der Waals surface area contributed by atoms with Crippen LogP contribution in [-0.2, 0) is 32.7 Å². The third-order valence-corrected chi connectivity index (χ3v) is 9.76. The van der Waals surface area contributed by atoms with E-state index in [4.69, 9.17) is 13.8 Å². The maximum atomic E-state index is 13.6. The van der Waals surface area contributed by atoms with Gasteiger partial charge in [0.15, 0.2) is 5.12 Å². The van der Waals surface area contributed by atoms with Crippen molar-refractivity contribution in [1.29, 1.82) is 0 Å². The van der Waals surface area contributed by atoms with Crippen molar-refractivity contribution >= 4 is 48.3 Å². The number of nitrogens with one attached hydrogen (secondary N) is 2. The largest absolute Gasteiger partial charge is 0.462 e. The lowest BCUT2D eigenvalue weighted by molar-refractivity contribution is -0.149. The van der Waals surface area contributed by atoms with Gasteiger partial charge in [0, 0.05) is 23.4 Å². The van der Waals surface area contributed by atoms with Crippen molar-refractivity contribution in [2.75, 3.05) is 19.0 Å². The molecule has 16 heteroatoms. The van der Waals surface area contributed by atoms with Gasteiger partial charge in [-0.3, -0.25) is 23.4 Å². The molecule has 0 aliphatic carbocycles. The number of hydrogen-bond acceptors (Lipinski definition) is 13. The number of thioether (sulfide) groups is 2. The maximum absolute atomic E-state index is 13.6. The number of carbonyl (C=O) groups is 3. The smallest absolute Gasteiger partial charge is 0.406 e. The van der Waals surface area contributed by atoms with Crippen LogP contribution in [0.2, 0.25) is 0 Å². The molecule has 0 aromatic carbocycles. The van der Waals surface area contributed by atoms with E-state index >= 15 is 0 Å². The van der Waals surface area contributed by atoms with E-state index in [9.17, 15) is 34.3 Å². The molecule has 38 heavy (non-hydrogen) atoms. The molecule has 7 atom stereocenters. The topological polar surface area (TPSA) is 184 Å². The highest BCUT2D eigenvalue weighted by molar-refractivity contribution is 8.13. The molecule has 13 nitrogen and oxygen atoms in total. The van der Waals surface area contributed by atoms with Crippen LogP contribution in [-0.4, -0.2) is 97.5 Å². The fourth-order valence-corrected chi connectivity index (χ4v) is 7.21. The SMILES string of the molecule is CC(C)OC(=O)[C@H](C)NP(=O)(OCCSC(=O)C(C)(C)C)OC[C@H]1S[C@@H](N2C=CC(=O)NC2O)[C@H](O)[C@@H]1O. The molecule has 2 rings (SSSR count). The van der Waals surface area contributed by atoms with Crippen LogP contribution in [0, 0.1) is 5.41 Å². The molecule has 0 spiro atoms. The second kappa shape index (κ2) is 14.0. The second-order valence-corrected chi connectivity index (χ2v) is 14.2. The summed E-state index contributed by atoms with van der Waals surface area (Å²) < 4.78 is 29.7. The van der Waals surface area contributed by atoms with E-state index in [-0.39, 0.29) is 24.1 Å². The van der Waals surface area contributed by atoms with E-state index < -0.39 is 66.4 Å². The normalized spacial score (nSPS) is 28.2. The van der Waals surface area contributed by atoms with E-state index in [1.165, 1.54) is 24.1 Å². The number of ether oxygens (including phenoxy) is 1. The number of esters is 1. The van der Waals surface area contributed by atoms with Crippen molar-refractivity contribution in [3.05, 3.63) is 12.3 Å². The number of rotatable bonds is 12. The van der Waals surface area contributed by atoms with Crippen molar-refractivity contribution in [3.8, 4) is 0 Å². The summed E-state index contributed by atoms with van der Waals surface area (Å²) in [6.07, 6.45) is -2.02. The molecule has 0 aromatic heterocycles. The van der Waals surface area contributed by atoms with E-state index in [1.54, 1.807) is 34.6 Å². The monoisotopic (exact) mass is 599 g/mol. The molecular weight excluding hydrogens is 561 g/mol. The minimum Gasteiger partial charge on any atom is -0.462 e. The Morgan fingerprint density at radius 1 is 1.21 bits per heavy atom. The first-order valence-corrected chi connectivity index (χ1v) is 15.5. The maximum Gasteiger partial charge on any atom is 0.406 e. The molecule has 2 unspecified atom stereocenters. The number of carbonyl (C=O) groups excluding carboxylic acids is 3. The quantitative estimate of drug-likeness (QED) is 0.120. The highest BCUT2D eigenvalue weighted by Crippen LogP contribution is 2.47. The summed E-state index contributed by atoms with van der Waals surface area (Å²) in [7, 11) is -4.16. The number of aliphatic hydroxyl groups excluding tert-OH is 3. The molecule has 0 bridgehead atoms. The number of nitrogens with zero attached hydrogens (tertiary/aromatic N) is 1. The van der Waals surface area contributed by atoms with Crippen LogP contribution in [0.1, 0.15) is 41.5 Å². The molecular formula is C22H38N3O10PS2. The first-order valence-electron chi connectivity index (χ1n) is 12.0. The van der Waals surface area contributed by atoms with E-state index in [1.807, 2.05) is 0 Å². The first kappa shape index (κ1) is 33.0. The molecule has 1 amide bonds. The van der Waals surface area contributed by atoms with Crippen molar-refractivity contribution in [3.63, 3.8) is 0 Å². The van der Waals surface area contributed by atoms with Crippen molar-refractivity contribution < 1.29 is 48.1 Å². The minimum absolute atomic E-state index is 0.0747. The summed E-state index contributed by atoms with van der Waals surface area (Å²) in [6, 6.07) is -1.07. The second-order valence-electron chi connectivity index (χ2n) is 10.0. The predicted octanol–water partition coefficient (Wildman–Crippen LogP) is 0.748. The summed E-state index contributed by atoms with van der Waals surface area (Å²) in [5.74, 6) is -1.01. The van der Waals surface area contributed by atoms with Gasteiger partial charge in [-0.05, 0) is 20.8 Å². The average molecular weight is 600 g/mol. The van der Waals surface area contributed by atoms with Crippen molar-refractivity contribution in [2.24, 2.45) is 5.41 Å². The molecule has 1 fully saturated rings. The van der Waals surface area contributed by atoms with Crippen LogP contribution in [0.15, 0.2) is 12.3 Å². The minimum atomic E-state index is -4.16. The Balaban J connectivity index is 2.06. The third kappa shape index (κ3) is 9.49. The lowest BCUT2D eigenvalue weighted by Gasteiger charge is -2.35. The highest BCUT2D eigenvalue weighted by atomic mass is 32.2. The van der Waals surface area contributed by atoms with Crippen LogP contribution in [0.3, 0.4) is 0 Å². The Morgan fingerprint density at radius 3 is 2.45 bits per heavy atom. The molecule has 0 aromatic rings. The van der Waals surface area contributed by atoms with Crippen LogP contribution in [0.25, 0.3) is 0 Å². The van der Waals surface area contributed by atoms with Gasteiger partial charge < -0.3 is 30.3 Å². The lowest BCUT2D eigenvalue weighted by Crippen LogP contribution is -2.54. The lowest BCUT2D eigenvalue weighted by atomic mass is 10.00. The molecule has 218 valence electrons. The Morgan fingerprint density at radius 2 is 1.87 bits per heavy atom. The molecule has 2 aliphatic heterocycles. The fourth-order valence-electron chi connectivity index (χ4n) is 3.24. The van der Waals surface area contributed by atoms with Gasteiger partial charge in [-0.2, -0.15) is 0 Å². The Bertz CT molecular complexity index is 932. The van der Waals surface area contributed by atoms with Crippen LogP contribution < -0.4 is 10.4 Å². The van der Waals surface area contributed by atoms with Gasteiger partial charge in [-0.15, -0.1) is 11.8 Å². The fraction of sp³-hybridized carbons (Fsp3) is 0.773. The standard InChI is InChI=1S/C22H38N3O10PS2/c1-12(2)35-19(29)13(3)24-36(32,33-9-10-37-20(30)22(4,5)6)34-11-14-16(27)17(28)18(38-14)25-8-7-15(26)23-21(25)31/h7-8,12-14,16-18,21,27-28,31H,9-11H2,1-6H3,(H,23,26)(H,24,32)/t13-,14+,16+,17+,18+,21?,36?/m0/s1. The Hall–Kier alpha value is -1.16. The highest BCUT2D eigenvalue weighted by Gasteiger charge is 2.47. The van der Waals surface area contributed by atoms with Gasteiger partial charge in [-0.25, -0.2) is 9.65 Å². The van der Waals surface area contributed by atoms with Crippen molar-refractivity contribution in [2.45, 2.75) is 82.9 Å². The van der Waals surface area contributed by atoms with Crippen molar-refractivity contribution in [1.82, 2.24) is 15.3 Å². The van der Waals surface area contributed by atoms with E-state index in [0.717, 1.165) is 23.5 Å². The number of aliphatic hydroxyl groups is 3. The molecule has 2 heterocycles.